The molecule has 21 heavy (non-hydrogen) atoms. The van der Waals surface area contributed by atoms with E-state index in [0.717, 1.165) is 17.7 Å². The van der Waals surface area contributed by atoms with E-state index in [-0.39, 0.29) is 5.91 Å². The van der Waals surface area contributed by atoms with Gasteiger partial charge in [-0.2, -0.15) is 0 Å². The second-order valence-corrected chi connectivity index (χ2v) is 5.00. The molecule has 0 bridgehead atoms. The summed E-state index contributed by atoms with van der Waals surface area (Å²) in [5.41, 5.74) is 8.31. The molecular formula is C16H17ClN2O2. The molecule has 0 aromatic heterocycles. The molecule has 0 unspecified atom stereocenters. The average molecular weight is 305 g/mol. The second-order valence-electron chi connectivity index (χ2n) is 4.59. The zero-order valence-corrected chi connectivity index (χ0v) is 12.5. The van der Waals surface area contributed by atoms with Crippen LogP contribution in [-0.2, 0) is 11.2 Å². The third-order valence-electron chi connectivity index (χ3n) is 3.08. The highest BCUT2D eigenvalue weighted by molar-refractivity contribution is 6.34. The summed E-state index contributed by atoms with van der Waals surface area (Å²) in [6.45, 7) is 0.589. The number of carbonyl (C=O) groups excluding carboxylic acids is 1. The highest BCUT2D eigenvalue weighted by Gasteiger charge is 2.12. The summed E-state index contributed by atoms with van der Waals surface area (Å²) in [5.74, 6) is -0.280. The summed E-state index contributed by atoms with van der Waals surface area (Å²) in [7, 11) is 1.65. The smallest absolute Gasteiger partial charge is 0.257 e. The highest BCUT2D eigenvalue weighted by Crippen LogP contribution is 2.22. The molecule has 2 rings (SSSR count). The molecule has 0 atom stereocenters. The van der Waals surface area contributed by atoms with E-state index in [1.54, 1.807) is 25.3 Å². The van der Waals surface area contributed by atoms with Crippen molar-refractivity contribution in [2.45, 2.75) is 6.42 Å². The van der Waals surface area contributed by atoms with Gasteiger partial charge in [-0.1, -0.05) is 29.8 Å². The zero-order valence-electron chi connectivity index (χ0n) is 11.7. The van der Waals surface area contributed by atoms with E-state index in [4.69, 9.17) is 22.1 Å². The number of nitrogen functional groups attached to an aromatic ring is 1. The van der Waals surface area contributed by atoms with Gasteiger partial charge in [-0.05, 0) is 36.2 Å². The molecule has 0 saturated carbocycles. The lowest BCUT2D eigenvalue weighted by Crippen LogP contribution is -2.14. The van der Waals surface area contributed by atoms with Crippen LogP contribution in [0.1, 0.15) is 15.9 Å². The summed E-state index contributed by atoms with van der Waals surface area (Å²) in [4.78, 5) is 12.3. The number of nitrogens with two attached hydrogens (primary N) is 1. The lowest BCUT2D eigenvalue weighted by atomic mass is 10.1. The molecule has 0 heterocycles. The first-order valence-corrected chi connectivity index (χ1v) is 6.93. The van der Waals surface area contributed by atoms with Crippen molar-refractivity contribution in [3.05, 3.63) is 58.6 Å². The van der Waals surface area contributed by atoms with Crippen molar-refractivity contribution in [1.29, 1.82) is 0 Å². The molecule has 0 fully saturated rings. The van der Waals surface area contributed by atoms with E-state index < -0.39 is 0 Å². The van der Waals surface area contributed by atoms with Crippen molar-refractivity contribution in [3.63, 3.8) is 0 Å². The molecule has 5 heteroatoms. The Hall–Kier alpha value is -2.04. The van der Waals surface area contributed by atoms with E-state index in [1.807, 2.05) is 24.3 Å². The van der Waals surface area contributed by atoms with Crippen molar-refractivity contribution in [1.82, 2.24) is 0 Å². The lowest BCUT2D eigenvalue weighted by Gasteiger charge is -2.12. The Morgan fingerprint density at radius 2 is 2.05 bits per heavy atom. The van der Waals surface area contributed by atoms with Gasteiger partial charge in [0.15, 0.2) is 0 Å². The molecule has 0 spiro atoms. The number of nitrogens with one attached hydrogen (secondary N) is 1. The Kier molecular flexibility index (Phi) is 5.20. The van der Waals surface area contributed by atoms with E-state index in [1.165, 1.54) is 0 Å². The number of hydrogen-bond acceptors (Lipinski definition) is 3. The van der Waals surface area contributed by atoms with Crippen molar-refractivity contribution in [2.75, 3.05) is 24.8 Å². The monoisotopic (exact) mass is 304 g/mol. The number of carbonyl (C=O) groups is 1. The van der Waals surface area contributed by atoms with Gasteiger partial charge in [0.2, 0.25) is 0 Å². The molecule has 0 aliphatic carbocycles. The lowest BCUT2D eigenvalue weighted by molar-refractivity contribution is 0.102. The molecule has 0 aliphatic heterocycles. The third kappa shape index (κ3) is 3.97. The van der Waals surface area contributed by atoms with Gasteiger partial charge in [0, 0.05) is 18.5 Å². The Bertz CT molecular complexity index is 644. The Labute approximate surface area is 128 Å². The van der Waals surface area contributed by atoms with Crippen LogP contribution < -0.4 is 11.1 Å². The molecule has 3 N–H and O–H groups in total. The van der Waals surface area contributed by atoms with Gasteiger partial charge >= 0.3 is 0 Å². The first kappa shape index (κ1) is 15.4. The summed E-state index contributed by atoms with van der Waals surface area (Å²) in [5, 5.41) is 3.24. The fourth-order valence-electron chi connectivity index (χ4n) is 1.98. The standard InChI is InChI=1S/C16H17ClN2O2/c1-21-9-8-11-4-2-3-5-15(11)19-16(20)13-10-12(18)6-7-14(13)17/h2-7,10H,8-9,18H2,1H3,(H,19,20). The van der Waals surface area contributed by atoms with Gasteiger partial charge in [-0.3, -0.25) is 4.79 Å². The molecule has 2 aromatic rings. The minimum absolute atomic E-state index is 0.280. The fraction of sp³-hybridized carbons (Fsp3) is 0.188. The predicted octanol–water partition coefficient (Wildman–Crippen LogP) is 3.36. The summed E-state index contributed by atoms with van der Waals surface area (Å²) >= 11 is 6.04. The third-order valence-corrected chi connectivity index (χ3v) is 3.41. The maximum atomic E-state index is 12.3. The van der Waals surface area contributed by atoms with Crippen LogP contribution in [0.25, 0.3) is 0 Å². The summed E-state index contributed by atoms with van der Waals surface area (Å²) < 4.78 is 5.07. The molecule has 110 valence electrons. The Morgan fingerprint density at radius 1 is 1.29 bits per heavy atom. The number of rotatable bonds is 5. The van der Waals surface area contributed by atoms with Gasteiger partial charge in [-0.25, -0.2) is 0 Å². The van der Waals surface area contributed by atoms with Crippen LogP contribution in [0.3, 0.4) is 0 Å². The normalized spacial score (nSPS) is 10.4. The maximum absolute atomic E-state index is 12.3. The first-order valence-electron chi connectivity index (χ1n) is 6.55. The number of para-hydroxylation sites is 1. The topological polar surface area (TPSA) is 64.3 Å². The number of hydrogen-bond donors (Lipinski definition) is 2. The summed E-state index contributed by atoms with van der Waals surface area (Å²) in [6.07, 6.45) is 0.720. The maximum Gasteiger partial charge on any atom is 0.257 e. The van der Waals surface area contributed by atoms with Crippen molar-refractivity contribution in [3.8, 4) is 0 Å². The minimum Gasteiger partial charge on any atom is -0.399 e. The first-order chi connectivity index (χ1) is 10.1. The Morgan fingerprint density at radius 3 is 2.81 bits per heavy atom. The van der Waals surface area contributed by atoms with Gasteiger partial charge < -0.3 is 15.8 Å². The second kappa shape index (κ2) is 7.11. The Balaban J connectivity index is 2.21. The van der Waals surface area contributed by atoms with Gasteiger partial charge in [-0.15, -0.1) is 0 Å². The SMILES string of the molecule is COCCc1ccccc1NC(=O)c1cc(N)ccc1Cl. The van der Waals surface area contributed by atoms with Crippen molar-refractivity contribution < 1.29 is 9.53 Å². The molecular weight excluding hydrogens is 288 g/mol. The largest absolute Gasteiger partial charge is 0.399 e. The van der Waals surface area contributed by atoms with Gasteiger partial charge in [0.25, 0.3) is 5.91 Å². The van der Waals surface area contributed by atoms with Crippen molar-refractivity contribution in [2.24, 2.45) is 0 Å². The fourth-order valence-corrected chi connectivity index (χ4v) is 2.18. The minimum atomic E-state index is -0.280. The zero-order chi connectivity index (χ0) is 15.2. The van der Waals surface area contributed by atoms with Crippen LogP contribution >= 0.6 is 11.6 Å². The number of anilines is 2. The van der Waals surface area contributed by atoms with E-state index in [2.05, 4.69) is 5.32 Å². The molecule has 1 amide bonds. The highest BCUT2D eigenvalue weighted by atomic mass is 35.5. The van der Waals surface area contributed by atoms with Crippen LogP contribution in [-0.4, -0.2) is 19.6 Å². The molecule has 0 aliphatic rings. The molecule has 0 saturated heterocycles. The quantitative estimate of drug-likeness (QED) is 0.832. The van der Waals surface area contributed by atoms with E-state index in [9.17, 15) is 4.79 Å². The van der Waals surface area contributed by atoms with Crippen LogP contribution in [0.5, 0.6) is 0 Å². The van der Waals surface area contributed by atoms with Crippen LogP contribution in [0, 0.1) is 0 Å². The van der Waals surface area contributed by atoms with Crippen LogP contribution in [0.4, 0.5) is 11.4 Å². The van der Waals surface area contributed by atoms with Crippen LogP contribution in [0.2, 0.25) is 5.02 Å². The number of amides is 1. The average Bonchev–Trinajstić information content (AvgIpc) is 2.48. The molecule has 0 radical (unpaired) electrons. The van der Waals surface area contributed by atoms with Crippen LogP contribution in [0.15, 0.2) is 42.5 Å². The predicted molar refractivity (Wildman–Crippen MR) is 85.8 cm³/mol. The summed E-state index contributed by atoms with van der Waals surface area (Å²) in [6, 6.07) is 12.4. The molecule has 4 nitrogen and oxygen atoms in total. The number of benzene rings is 2. The molecule has 2 aromatic carbocycles. The number of halogens is 1. The van der Waals surface area contributed by atoms with E-state index >= 15 is 0 Å². The van der Waals surface area contributed by atoms with Gasteiger partial charge in [0.05, 0.1) is 17.2 Å². The van der Waals surface area contributed by atoms with E-state index in [0.29, 0.717) is 22.9 Å². The van der Waals surface area contributed by atoms with Crippen molar-refractivity contribution >= 4 is 28.9 Å². The number of ether oxygens (including phenoxy) is 1. The number of methoxy groups -OCH3 is 1. The van der Waals surface area contributed by atoms with Gasteiger partial charge in [0.1, 0.15) is 0 Å².